The quantitative estimate of drug-likeness (QED) is 0.107. The van der Waals surface area contributed by atoms with Crippen LogP contribution in [0.1, 0.15) is 130 Å². The van der Waals surface area contributed by atoms with E-state index in [4.69, 9.17) is 17.5 Å². The average molecular weight is 1030 g/mol. The molecule has 2 aromatic heterocycles. The Labute approximate surface area is 396 Å². The van der Waals surface area contributed by atoms with E-state index in [1.165, 1.54) is 39.2 Å². The second-order valence-corrected chi connectivity index (χ2v) is 25.7. The molecular formula is C57H68IrN3OSi. The van der Waals surface area contributed by atoms with Crippen molar-refractivity contribution in [2.75, 3.05) is 4.90 Å². The maximum Gasteiger partial charge on any atom is 3.00 e. The van der Waals surface area contributed by atoms with Crippen LogP contribution in [0.25, 0.3) is 38.5 Å². The van der Waals surface area contributed by atoms with Crippen LogP contribution in [0.2, 0.25) is 19.6 Å². The maximum atomic E-state index is 8.89. The zero-order valence-corrected chi connectivity index (χ0v) is 43.2. The summed E-state index contributed by atoms with van der Waals surface area (Å²) < 4.78 is 24.0. The first kappa shape index (κ1) is 45.1. The largest absolute Gasteiger partial charge is 3.00 e. The number of hydrogen-bond donors (Lipinski definition) is 0. The van der Waals surface area contributed by atoms with E-state index < -0.39 is 19.9 Å². The van der Waals surface area contributed by atoms with Crippen LogP contribution in [0.3, 0.4) is 0 Å². The molecule has 330 valence electrons. The molecule has 7 aromatic rings. The molecule has 1 atom stereocenters. The van der Waals surface area contributed by atoms with Crippen LogP contribution in [-0.2, 0) is 38.3 Å². The van der Waals surface area contributed by atoms with Gasteiger partial charge in [0.1, 0.15) is 11.2 Å². The van der Waals surface area contributed by atoms with E-state index in [-0.39, 0.29) is 31.7 Å². The molecule has 6 heteroatoms. The molecule has 4 nitrogen and oxygen atoms in total. The van der Waals surface area contributed by atoms with Crippen LogP contribution in [0.5, 0.6) is 0 Å². The van der Waals surface area contributed by atoms with Crippen molar-refractivity contribution >= 4 is 52.3 Å². The van der Waals surface area contributed by atoms with Gasteiger partial charge in [0.25, 0.3) is 0 Å². The van der Waals surface area contributed by atoms with Gasteiger partial charge >= 0.3 is 20.1 Å². The van der Waals surface area contributed by atoms with Crippen LogP contribution < -0.4 is 10.1 Å². The third-order valence-corrected chi connectivity index (χ3v) is 13.8. The summed E-state index contributed by atoms with van der Waals surface area (Å²) in [6, 6.07) is 39.6. The Hall–Kier alpha value is -4.48. The van der Waals surface area contributed by atoms with Crippen LogP contribution in [0, 0.1) is 18.4 Å². The number of fused-ring (bicyclic) bond motifs is 4. The Balaban J connectivity index is 0.000000224. The zero-order chi connectivity index (χ0) is 46.5. The van der Waals surface area contributed by atoms with Gasteiger partial charge in [-0.25, -0.2) is 0 Å². The Bertz CT molecular complexity index is 2760. The molecule has 1 aliphatic rings. The summed E-state index contributed by atoms with van der Waals surface area (Å²) in [4.78, 5) is 7.23. The number of benzene rings is 5. The van der Waals surface area contributed by atoms with Crippen molar-refractivity contribution in [3.8, 4) is 11.3 Å². The minimum atomic E-state index is -1.74. The first-order valence-corrected chi connectivity index (χ1v) is 26.0. The number of nitrogens with zero attached hydrogens (tertiary/aromatic N) is 3. The van der Waals surface area contributed by atoms with Crippen LogP contribution in [-0.4, -0.2) is 13.1 Å². The summed E-state index contributed by atoms with van der Waals surface area (Å²) in [6.45, 7) is 32.6. The Morgan fingerprint density at radius 2 is 1.48 bits per heavy atom. The molecule has 0 fully saturated rings. The fourth-order valence-corrected chi connectivity index (χ4v) is 10.0. The molecule has 8 rings (SSSR count). The zero-order valence-electron chi connectivity index (χ0n) is 41.8. The van der Waals surface area contributed by atoms with Crippen LogP contribution in [0.15, 0.2) is 114 Å². The molecule has 5 aromatic carbocycles. The number of aryl methyl sites for hydroxylation is 1. The summed E-state index contributed by atoms with van der Waals surface area (Å²) in [7, 11) is -1.74. The van der Waals surface area contributed by atoms with E-state index in [1.807, 2.05) is 51.2 Å². The van der Waals surface area contributed by atoms with Crippen molar-refractivity contribution in [2.24, 2.45) is 5.41 Å². The van der Waals surface area contributed by atoms with Crippen LogP contribution in [0.4, 0.5) is 17.1 Å². The number of aromatic nitrogens is 1. The van der Waals surface area contributed by atoms with Gasteiger partial charge in [0, 0.05) is 31.1 Å². The topological polar surface area (TPSA) is 43.4 Å². The Morgan fingerprint density at radius 3 is 2.11 bits per heavy atom. The van der Waals surface area contributed by atoms with Gasteiger partial charge < -0.3 is 26.5 Å². The van der Waals surface area contributed by atoms with Gasteiger partial charge in [0.15, 0.2) is 0 Å². The summed E-state index contributed by atoms with van der Waals surface area (Å²) >= 11 is 0. The molecule has 0 radical (unpaired) electrons. The minimum absolute atomic E-state index is 0. The van der Waals surface area contributed by atoms with Gasteiger partial charge in [-0.15, -0.1) is 41.1 Å². The second-order valence-electron chi connectivity index (χ2n) is 20.7. The molecule has 0 saturated carbocycles. The first-order chi connectivity index (χ1) is 30.0. The van der Waals surface area contributed by atoms with Crippen molar-refractivity contribution in [1.29, 1.82) is 0 Å². The van der Waals surface area contributed by atoms with Crippen LogP contribution >= 0.6 is 0 Å². The minimum Gasteiger partial charge on any atom is -0.659 e. The summed E-state index contributed by atoms with van der Waals surface area (Å²) in [5.41, 5.74) is 13.8. The molecule has 0 amide bonds. The van der Waals surface area contributed by atoms with E-state index in [0.717, 1.165) is 62.5 Å². The molecule has 1 aliphatic heterocycles. The predicted octanol–water partition coefficient (Wildman–Crippen LogP) is 16.4. The number of rotatable bonds is 9. The number of furan rings is 1. The summed E-state index contributed by atoms with van der Waals surface area (Å²) in [5.74, 6) is 0.781. The van der Waals surface area contributed by atoms with Crippen molar-refractivity contribution < 1.29 is 27.3 Å². The number of pyridine rings is 1. The van der Waals surface area contributed by atoms with Gasteiger partial charge in [-0.2, -0.15) is 6.42 Å². The van der Waals surface area contributed by atoms with Gasteiger partial charge in [-0.1, -0.05) is 162 Å². The van der Waals surface area contributed by atoms with Gasteiger partial charge in [-0.05, 0) is 92.6 Å². The Morgan fingerprint density at radius 1 is 0.810 bits per heavy atom. The van der Waals surface area contributed by atoms with Crippen molar-refractivity contribution in [3.63, 3.8) is 0 Å². The summed E-state index contributed by atoms with van der Waals surface area (Å²) in [6.07, 6.45) is 2.01. The molecule has 0 spiro atoms. The smallest absolute Gasteiger partial charge is 0.659 e. The van der Waals surface area contributed by atoms with E-state index in [0.29, 0.717) is 11.8 Å². The molecular weight excluding hydrogens is 963 g/mol. The number of anilines is 2. The number of para-hydroxylation sites is 4. The standard InChI is InChI=1S/C34H34N2O.C23H34NSi.Ir/c1-6-12-23-19-32-28(26-13-7-10-18-31(26)37-32)20-27(23)34-35-29-16-8-9-17-30(29)36(34)33-24(21(2)3)14-11-15-25(33)22(4)5;1-22(2,3)15-18-14-20(24-16-21(18)25(7,8)9)17-11-10-12-19(13-17)23(4,5)6;/h7-11,13-22,34H,1,6,12H2,2-5H3;10,12-14,16H,15H2,1-9H3;/q-2;-1;+3/i;15D2;. The monoisotopic (exact) mass is 1030 g/mol. The van der Waals surface area contributed by atoms with E-state index in [9.17, 15) is 0 Å². The van der Waals surface area contributed by atoms with E-state index in [1.54, 1.807) is 0 Å². The second kappa shape index (κ2) is 18.9. The Kier molecular flexibility index (Phi) is 13.6. The molecule has 0 bridgehead atoms. The third-order valence-electron chi connectivity index (χ3n) is 11.8. The molecule has 3 heterocycles. The normalized spacial score (nSPS) is 14.9. The van der Waals surface area contributed by atoms with Crippen molar-refractivity contribution in [3.05, 3.63) is 161 Å². The number of hydrogen-bond acceptors (Lipinski definition) is 3. The molecule has 0 aliphatic carbocycles. The molecule has 63 heavy (non-hydrogen) atoms. The summed E-state index contributed by atoms with van der Waals surface area (Å²) in [5, 5.41) is 8.76. The first-order valence-electron chi connectivity index (χ1n) is 23.5. The maximum absolute atomic E-state index is 8.89. The van der Waals surface area contributed by atoms with Crippen molar-refractivity contribution in [1.82, 2.24) is 4.98 Å². The molecule has 0 saturated heterocycles. The fraction of sp³-hybridized carbons (Fsp3) is 0.368. The van der Waals surface area contributed by atoms with Gasteiger partial charge in [0.2, 0.25) is 0 Å². The molecule has 0 N–H and O–H groups in total. The third kappa shape index (κ3) is 10.4. The average Bonchev–Trinajstić information content (AvgIpc) is 3.80. The van der Waals surface area contributed by atoms with E-state index >= 15 is 0 Å². The molecule has 1 unspecified atom stereocenters. The van der Waals surface area contributed by atoms with Gasteiger partial charge in [0.05, 0.1) is 8.07 Å². The van der Waals surface area contributed by atoms with Crippen molar-refractivity contribution in [2.45, 2.75) is 132 Å². The van der Waals surface area contributed by atoms with E-state index in [2.05, 4.69) is 165 Å². The fourth-order valence-electron chi connectivity index (χ4n) is 8.61. The SMILES string of the molecule is [2H]C([2H])(c1cc(-c2[c-]ccc(C(C)(C)C)c2)ncc1[Si](C)(C)C)C(C)(C)C.[CH2-]CCc1cc2oc3ccccc3c2cc1C1[N-]c2ccccc2N1c1c(C(C)C)cccc1C(C)C.[Ir+3]. The predicted molar refractivity (Wildman–Crippen MR) is 270 cm³/mol. The van der Waals surface area contributed by atoms with Gasteiger partial charge in [-0.3, -0.25) is 0 Å².